The van der Waals surface area contributed by atoms with Crippen molar-refractivity contribution < 1.29 is 9.90 Å². The smallest absolute Gasteiger partial charge is 0.353 e. The number of nitrogens with zero attached hydrogens (tertiary/aromatic N) is 1. The number of H-pyrrole nitrogens is 1. The van der Waals surface area contributed by atoms with Gasteiger partial charge in [0.15, 0.2) is 0 Å². The van der Waals surface area contributed by atoms with Gasteiger partial charge >= 0.3 is 5.97 Å². The summed E-state index contributed by atoms with van der Waals surface area (Å²) in [5.41, 5.74) is 5.87. The van der Waals surface area contributed by atoms with Crippen LogP contribution in [0.1, 0.15) is 48.4 Å². The van der Waals surface area contributed by atoms with Gasteiger partial charge in [-0.2, -0.15) is 0 Å². The van der Waals surface area contributed by atoms with Crippen LogP contribution in [0.4, 0.5) is 0 Å². The molecule has 1 aliphatic carbocycles. The van der Waals surface area contributed by atoms with Crippen molar-refractivity contribution >= 4 is 5.97 Å². The van der Waals surface area contributed by atoms with Crippen LogP contribution in [0.15, 0.2) is 6.20 Å². The third kappa shape index (κ3) is 1.87. The number of aromatic carboxylic acids is 1. The Bertz CT molecular complexity index is 366. The number of hydrogen-bond donors (Lipinski definition) is 3. The van der Waals surface area contributed by atoms with Crippen LogP contribution >= 0.6 is 0 Å². The molecule has 1 fully saturated rings. The lowest BCUT2D eigenvalue weighted by atomic mass is 9.82. The molecule has 0 atom stereocenters. The molecular formula is C10H15N3O2. The van der Waals surface area contributed by atoms with Gasteiger partial charge in [-0.05, 0) is 12.8 Å². The highest BCUT2D eigenvalue weighted by Gasteiger charge is 2.32. The maximum Gasteiger partial charge on any atom is 0.353 e. The van der Waals surface area contributed by atoms with Crippen LogP contribution in [0.5, 0.6) is 0 Å². The summed E-state index contributed by atoms with van der Waals surface area (Å²) < 4.78 is 0. The molecule has 0 spiro atoms. The van der Waals surface area contributed by atoms with Gasteiger partial charge < -0.3 is 15.8 Å². The first-order chi connectivity index (χ1) is 7.12. The van der Waals surface area contributed by atoms with Gasteiger partial charge in [-0.25, -0.2) is 9.78 Å². The highest BCUT2D eigenvalue weighted by molar-refractivity contribution is 5.85. The summed E-state index contributed by atoms with van der Waals surface area (Å²) in [6.45, 7) is 0. The van der Waals surface area contributed by atoms with Crippen LogP contribution in [-0.2, 0) is 5.54 Å². The molecule has 0 aliphatic heterocycles. The lowest BCUT2D eigenvalue weighted by Crippen LogP contribution is -2.39. The van der Waals surface area contributed by atoms with Crippen molar-refractivity contribution in [2.24, 2.45) is 5.73 Å². The van der Waals surface area contributed by atoms with Crippen LogP contribution in [0.25, 0.3) is 0 Å². The summed E-state index contributed by atoms with van der Waals surface area (Å²) in [4.78, 5) is 17.5. The largest absolute Gasteiger partial charge is 0.477 e. The van der Waals surface area contributed by atoms with Crippen LogP contribution in [0.3, 0.4) is 0 Å². The lowest BCUT2D eigenvalue weighted by Gasteiger charge is -2.31. The molecule has 0 saturated heterocycles. The SMILES string of the molecule is NC1(c2ncc(C(=O)O)[nH]2)CCCCC1. The van der Waals surface area contributed by atoms with E-state index in [2.05, 4.69) is 9.97 Å². The zero-order valence-corrected chi connectivity index (χ0v) is 8.49. The molecule has 4 N–H and O–H groups in total. The molecule has 1 saturated carbocycles. The number of carbonyl (C=O) groups is 1. The first kappa shape index (κ1) is 10.2. The number of aromatic amines is 1. The molecule has 0 amide bonds. The minimum Gasteiger partial charge on any atom is -0.477 e. The Kier molecular flexibility index (Phi) is 2.48. The van der Waals surface area contributed by atoms with E-state index in [0.717, 1.165) is 25.7 Å². The summed E-state index contributed by atoms with van der Waals surface area (Å²) in [7, 11) is 0. The summed E-state index contributed by atoms with van der Waals surface area (Å²) >= 11 is 0. The number of carboxylic acids is 1. The number of carboxylic acid groups (broad SMARTS) is 1. The highest BCUT2D eigenvalue weighted by atomic mass is 16.4. The maximum absolute atomic E-state index is 10.7. The molecule has 0 bridgehead atoms. The maximum atomic E-state index is 10.7. The zero-order chi connectivity index (χ0) is 10.9. The van der Waals surface area contributed by atoms with E-state index < -0.39 is 11.5 Å². The monoisotopic (exact) mass is 209 g/mol. The molecule has 5 nitrogen and oxygen atoms in total. The third-order valence-corrected chi connectivity index (χ3v) is 3.02. The quantitative estimate of drug-likeness (QED) is 0.683. The van der Waals surface area contributed by atoms with E-state index in [1.165, 1.54) is 12.6 Å². The van der Waals surface area contributed by atoms with Gasteiger partial charge in [0.1, 0.15) is 11.5 Å². The van der Waals surface area contributed by atoms with Crippen LogP contribution < -0.4 is 5.73 Å². The molecule has 0 aromatic carbocycles. The summed E-state index contributed by atoms with van der Waals surface area (Å²) in [5, 5.41) is 8.77. The second-order valence-electron chi connectivity index (χ2n) is 4.17. The normalized spacial score (nSPS) is 20.1. The second-order valence-corrected chi connectivity index (χ2v) is 4.17. The topological polar surface area (TPSA) is 92.0 Å². The first-order valence-corrected chi connectivity index (χ1v) is 5.19. The second kappa shape index (κ2) is 3.66. The van der Waals surface area contributed by atoms with Crippen LogP contribution in [0.2, 0.25) is 0 Å². The Morgan fingerprint density at radius 2 is 2.13 bits per heavy atom. The Morgan fingerprint density at radius 3 is 2.67 bits per heavy atom. The van der Waals surface area contributed by atoms with Crippen molar-refractivity contribution in [1.29, 1.82) is 0 Å². The molecule has 1 aromatic rings. The fourth-order valence-corrected chi connectivity index (χ4v) is 2.10. The minimum absolute atomic E-state index is 0.111. The summed E-state index contributed by atoms with van der Waals surface area (Å²) in [6, 6.07) is 0. The van der Waals surface area contributed by atoms with Crippen molar-refractivity contribution in [3.63, 3.8) is 0 Å². The van der Waals surface area contributed by atoms with Crippen molar-refractivity contribution in [3.8, 4) is 0 Å². The number of nitrogens with two attached hydrogens (primary N) is 1. The molecular weight excluding hydrogens is 194 g/mol. The van der Waals surface area contributed by atoms with Crippen molar-refractivity contribution in [2.75, 3.05) is 0 Å². The molecule has 1 aliphatic rings. The summed E-state index contributed by atoms with van der Waals surface area (Å²) in [6.07, 6.45) is 6.45. The van der Waals surface area contributed by atoms with Gasteiger partial charge in [-0.15, -0.1) is 0 Å². The molecule has 15 heavy (non-hydrogen) atoms. The van der Waals surface area contributed by atoms with E-state index in [1.54, 1.807) is 0 Å². The average molecular weight is 209 g/mol. The van der Waals surface area contributed by atoms with Crippen LogP contribution in [0, 0.1) is 0 Å². The fourth-order valence-electron chi connectivity index (χ4n) is 2.10. The summed E-state index contributed by atoms with van der Waals surface area (Å²) in [5.74, 6) is -0.382. The fraction of sp³-hybridized carbons (Fsp3) is 0.600. The van der Waals surface area contributed by atoms with E-state index in [4.69, 9.17) is 10.8 Å². The van der Waals surface area contributed by atoms with Crippen molar-refractivity contribution in [3.05, 3.63) is 17.7 Å². The van der Waals surface area contributed by atoms with Crippen LogP contribution in [-0.4, -0.2) is 21.0 Å². The van der Waals surface area contributed by atoms with E-state index in [9.17, 15) is 4.79 Å². The third-order valence-electron chi connectivity index (χ3n) is 3.02. The molecule has 0 radical (unpaired) electrons. The average Bonchev–Trinajstić information content (AvgIpc) is 2.68. The molecule has 82 valence electrons. The lowest BCUT2D eigenvalue weighted by molar-refractivity contribution is 0.0690. The van der Waals surface area contributed by atoms with Gasteiger partial charge in [0.2, 0.25) is 0 Å². The zero-order valence-electron chi connectivity index (χ0n) is 8.49. The molecule has 5 heteroatoms. The molecule has 0 unspecified atom stereocenters. The Hall–Kier alpha value is -1.36. The van der Waals surface area contributed by atoms with Crippen molar-refractivity contribution in [1.82, 2.24) is 9.97 Å². The Morgan fingerprint density at radius 1 is 1.47 bits per heavy atom. The number of nitrogens with one attached hydrogen (secondary N) is 1. The van der Waals surface area contributed by atoms with Gasteiger partial charge in [0, 0.05) is 0 Å². The van der Waals surface area contributed by atoms with E-state index in [0.29, 0.717) is 5.82 Å². The first-order valence-electron chi connectivity index (χ1n) is 5.19. The number of hydrogen-bond acceptors (Lipinski definition) is 3. The van der Waals surface area contributed by atoms with Gasteiger partial charge in [-0.3, -0.25) is 0 Å². The Balaban J connectivity index is 2.23. The van der Waals surface area contributed by atoms with E-state index >= 15 is 0 Å². The van der Waals surface area contributed by atoms with Crippen molar-refractivity contribution in [2.45, 2.75) is 37.6 Å². The minimum atomic E-state index is -0.992. The number of imidazole rings is 1. The van der Waals surface area contributed by atoms with E-state index in [-0.39, 0.29) is 5.69 Å². The van der Waals surface area contributed by atoms with Gasteiger partial charge in [0.05, 0.1) is 11.7 Å². The highest BCUT2D eigenvalue weighted by Crippen LogP contribution is 2.32. The predicted molar refractivity (Wildman–Crippen MR) is 54.5 cm³/mol. The van der Waals surface area contributed by atoms with E-state index in [1.807, 2.05) is 0 Å². The standard InChI is InChI=1S/C10H15N3O2/c11-10(4-2-1-3-5-10)9-12-6-7(13-9)8(14)15/h6H,1-5,11H2,(H,12,13)(H,14,15). The number of aromatic nitrogens is 2. The Labute approximate surface area is 87.7 Å². The number of rotatable bonds is 2. The van der Waals surface area contributed by atoms with Gasteiger partial charge in [0.25, 0.3) is 0 Å². The molecule has 2 rings (SSSR count). The molecule has 1 aromatic heterocycles. The predicted octanol–water partition coefficient (Wildman–Crippen LogP) is 1.23. The van der Waals surface area contributed by atoms with Gasteiger partial charge in [-0.1, -0.05) is 19.3 Å². The molecule has 1 heterocycles.